The van der Waals surface area contributed by atoms with E-state index in [2.05, 4.69) is 25.9 Å². The second kappa shape index (κ2) is 3.93. The molecule has 0 aliphatic carbocycles. The van der Waals surface area contributed by atoms with Crippen molar-refractivity contribution in [3.8, 4) is 0 Å². The summed E-state index contributed by atoms with van der Waals surface area (Å²) < 4.78 is 12.3. The lowest BCUT2D eigenvalue weighted by molar-refractivity contribution is 0.00578. The number of halogens is 1. The standard InChI is InChI=1S/C10H15BBrN3O2/c1-9(2)10(3,4)17-11(16-9)7-8(13)14-5-6(12)15-7/h5H,1-4H3,(H2,13,14). The smallest absolute Gasteiger partial charge is 0.398 e. The summed E-state index contributed by atoms with van der Waals surface area (Å²) in [6.45, 7) is 7.92. The number of rotatable bonds is 1. The Labute approximate surface area is 109 Å². The number of hydrogen-bond donors (Lipinski definition) is 1. The molecule has 1 aliphatic heterocycles. The van der Waals surface area contributed by atoms with Crippen molar-refractivity contribution in [1.82, 2.24) is 9.97 Å². The molecule has 0 saturated carbocycles. The summed E-state index contributed by atoms with van der Waals surface area (Å²) in [5.74, 6) is 0.326. The molecule has 0 atom stereocenters. The fraction of sp³-hybridized carbons (Fsp3) is 0.600. The zero-order chi connectivity index (χ0) is 12.8. The number of nitrogens with two attached hydrogens (primary N) is 1. The van der Waals surface area contributed by atoms with Gasteiger partial charge in [-0.05, 0) is 43.6 Å². The summed E-state index contributed by atoms with van der Waals surface area (Å²) >= 11 is 3.26. The Morgan fingerprint density at radius 1 is 1.24 bits per heavy atom. The number of nitrogens with zero attached hydrogens (tertiary/aromatic N) is 2. The van der Waals surface area contributed by atoms with Crippen LogP contribution in [0.15, 0.2) is 10.8 Å². The number of nitrogen functional groups attached to an aromatic ring is 1. The quantitative estimate of drug-likeness (QED) is 0.787. The van der Waals surface area contributed by atoms with Crippen molar-refractivity contribution < 1.29 is 9.31 Å². The Hall–Kier alpha value is -0.655. The van der Waals surface area contributed by atoms with Crippen LogP contribution in [0.25, 0.3) is 0 Å². The molecule has 5 nitrogen and oxygen atoms in total. The number of hydrogen-bond acceptors (Lipinski definition) is 5. The average molecular weight is 300 g/mol. The van der Waals surface area contributed by atoms with Crippen LogP contribution in [0.4, 0.5) is 5.82 Å². The van der Waals surface area contributed by atoms with Gasteiger partial charge in [0.25, 0.3) is 0 Å². The number of anilines is 1. The second-order valence-corrected chi connectivity index (χ2v) is 5.86. The van der Waals surface area contributed by atoms with E-state index in [1.54, 1.807) is 6.20 Å². The zero-order valence-electron chi connectivity index (χ0n) is 10.3. The molecular formula is C10H15BBrN3O2. The molecule has 2 heterocycles. The third kappa shape index (κ3) is 2.19. The molecule has 2 N–H and O–H groups in total. The van der Waals surface area contributed by atoms with Gasteiger partial charge >= 0.3 is 7.12 Å². The fourth-order valence-electron chi connectivity index (χ4n) is 1.52. The Balaban J connectivity index is 2.35. The fourth-order valence-corrected chi connectivity index (χ4v) is 1.81. The van der Waals surface area contributed by atoms with Gasteiger partial charge in [0.2, 0.25) is 0 Å². The van der Waals surface area contributed by atoms with Gasteiger partial charge in [-0.2, -0.15) is 0 Å². The summed E-state index contributed by atoms with van der Waals surface area (Å²) in [4.78, 5) is 8.29. The van der Waals surface area contributed by atoms with Crippen LogP contribution >= 0.6 is 15.9 Å². The summed E-state index contributed by atoms with van der Waals surface area (Å²) in [5.41, 5.74) is 5.49. The number of aromatic nitrogens is 2. The van der Waals surface area contributed by atoms with Crippen LogP contribution in [-0.4, -0.2) is 28.3 Å². The van der Waals surface area contributed by atoms with Gasteiger partial charge in [-0.25, -0.2) is 9.97 Å². The molecule has 0 unspecified atom stereocenters. The van der Waals surface area contributed by atoms with Crippen molar-refractivity contribution >= 4 is 34.5 Å². The van der Waals surface area contributed by atoms with Crippen LogP contribution in [0.3, 0.4) is 0 Å². The normalized spacial score (nSPS) is 21.8. The van der Waals surface area contributed by atoms with E-state index in [1.165, 1.54) is 0 Å². The Morgan fingerprint density at radius 3 is 2.29 bits per heavy atom. The lowest BCUT2D eigenvalue weighted by atomic mass is 9.84. The zero-order valence-corrected chi connectivity index (χ0v) is 11.9. The highest BCUT2D eigenvalue weighted by Crippen LogP contribution is 2.36. The van der Waals surface area contributed by atoms with Crippen LogP contribution in [-0.2, 0) is 9.31 Å². The molecule has 92 valence electrons. The first-order valence-corrected chi connectivity index (χ1v) is 6.16. The maximum Gasteiger partial charge on any atom is 0.518 e. The third-order valence-corrected chi connectivity index (χ3v) is 3.66. The van der Waals surface area contributed by atoms with E-state index in [9.17, 15) is 0 Å². The van der Waals surface area contributed by atoms with Crippen molar-refractivity contribution in [3.63, 3.8) is 0 Å². The van der Waals surface area contributed by atoms with Gasteiger partial charge in [0.15, 0.2) is 0 Å². The molecule has 1 aromatic rings. The molecular weight excluding hydrogens is 285 g/mol. The van der Waals surface area contributed by atoms with E-state index in [-0.39, 0.29) is 0 Å². The molecule has 0 bridgehead atoms. The van der Waals surface area contributed by atoms with Crippen LogP contribution in [0.2, 0.25) is 0 Å². The van der Waals surface area contributed by atoms with Crippen LogP contribution in [0.1, 0.15) is 27.7 Å². The topological polar surface area (TPSA) is 70.3 Å². The van der Waals surface area contributed by atoms with Crippen molar-refractivity contribution in [2.45, 2.75) is 38.9 Å². The van der Waals surface area contributed by atoms with Crippen molar-refractivity contribution in [3.05, 3.63) is 10.8 Å². The van der Waals surface area contributed by atoms with E-state index in [1.807, 2.05) is 27.7 Å². The molecule has 2 rings (SSSR count). The van der Waals surface area contributed by atoms with E-state index < -0.39 is 18.3 Å². The average Bonchev–Trinajstić information content (AvgIpc) is 2.40. The molecule has 0 spiro atoms. The highest BCUT2D eigenvalue weighted by atomic mass is 79.9. The predicted molar refractivity (Wildman–Crippen MR) is 69.9 cm³/mol. The second-order valence-electron chi connectivity index (χ2n) is 5.05. The first kappa shape index (κ1) is 12.8. The highest BCUT2D eigenvalue weighted by Gasteiger charge is 2.53. The highest BCUT2D eigenvalue weighted by molar-refractivity contribution is 9.10. The van der Waals surface area contributed by atoms with Crippen LogP contribution in [0.5, 0.6) is 0 Å². The molecule has 0 amide bonds. The van der Waals surface area contributed by atoms with Crippen molar-refractivity contribution in [1.29, 1.82) is 0 Å². The summed E-state index contributed by atoms with van der Waals surface area (Å²) in [5, 5.41) is 0. The van der Waals surface area contributed by atoms with E-state index in [0.29, 0.717) is 16.0 Å². The summed E-state index contributed by atoms with van der Waals surface area (Å²) in [6.07, 6.45) is 1.55. The van der Waals surface area contributed by atoms with Crippen molar-refractivity contribution in [2.24, 2.45) is 0 Å². The molecule has 1 fully saturated rings. The molecule has 7 heteroatoms. The predicted octanol–water partition coefficient (Wildman–Crippen LogP) is 1.12. The van der Waals surface area contributed by atoms with Gasteiger partial charge in [0.1, 0.15) is 16.0 Å². The van der Waals surface area contributed by atoms with E-state index in [4.69, 9.17) is 15.0 Å². The van der Waals surface area contributed by atoms with Crippen LogP contribution in [0, 0.1) is 0 Å². The molecule has 1 aliphatic rings. The third-order valence-electron chi connectivity index (χ3n) is 3.28. The van der Waals surface area contributed by atoms with Gasteiger partial charge in [0.05, 0.1) is 17.4 Å². The van der Waals surface area contributed by atoms with Gasteiger partial charge < -0.3 is 15.0 Å². The maximum absolute atomic E-state index is 5.86. The Morgan fingerprint density at radius 2 is 1.76 bits per heavy atom. The first-order chi connectivity index (χ1) is 7.73. The minimum atomic E-state index is -0.579. The minimum Gasteiger partial charge on any atom is -0.398 e. The van der Waals surface area contributed by atoms with Gasteiger partial charge in [-0.1, -0.05) is 0 Å². The molecule has 0 radical (unpaired) electrons. The minimum absolute atomic E-state index is 0.326. The maximum atomic E-state index is 5.86. The Bertz CT molecular complexity index is 437. The van der Waals surface area contributed by atoms with Gasteiger partial charge in [-0.3, -0.25) is 0 Å². The molecule has 1 aromatic heterocycles. The monoisotopic (exact) mass is 299 g/mol. The lowest BCUT2D eigenvalue weighted by Gasteiger charge is -2.32. The largest absolute Gasteiger partial charge is 0.518 e. The molecule has 1 saturated heterocycles. The summed E-state index contributed by atoms with van der Waals surface area (Å²) in [7, 11) is -0.579. The summed E-state index contributed by atoms with van der Waals surface area (Å²) in [6, 6.07) is 0. The lowest BCUT2D eigenvalue weighted by Crippen LogP contribution is -2.41. The first-order valence-electron chi connectivity index (χ1n) is 5.36. The van der Waals surface area contributed by atoms with E-state index >= 15 is 0 Å². The Kier molecular flexibility index (Phi) is 2.96. The van der Waals surface area contributed by atoms with Gasteiger partial charge in [0, 0.05) is 0 Å². The van der Waals surface area contributed by atoms with Crippen molar-refractivity contribution in [2.75, 3.05) is 5.73 Å². The van der Waals surface area contributed by atoms with E-state index in [0.717, 1.165) is 0 Å². The molecule has 0 aromatic carbocycles. The molecule has 17 heavy (non-hydrogen) atoms. The van der Waals surface area contributed by atoms with Gasteiger partial charge in [-0.15, -0.1) is 0 Å². The SMILES string of the molecule is CC1(C)OB(c2nc(Br)cnc2N)OC1(C)C. The van der Waals surface area contributed by atoms with Crippen LogP contribution < -0.4 is 11.3 Å².